The van der Waals surface area contributed by atoms with Crippen molar-refractivity contribution in [2.75, 3.05) is 18.5 Å². The monoisotopic (exact) mass is 387 g/mol. The van der Waals surface area contributed by atoms with E-state index < -0.39 is 0 Å². The number of ether oxygens (including phenoxy) is 2. The van der Waals surface area contributed by atoms with E-state index in [0.717, 1.165) is 31.2 Å². The predicted octanol–water partition coefficient (Wildman–Crippen LogP) is 4.60. The Morgan fingerprint density at radius 2 is 1.81 bits per heavy atom. The topological polar surface area (TPSA) is 64.6 Å². The van der Waals surface area contributed by atoms with Crippen LogP contribution >= 0.6 is 11.3 Å². The van der Waals surface area contributed by atoms with Gasteiger partial charge < -0.3 is 14.8 Å². The largest absolute Gasteiger partial charge is 0.484 e. The lowest BCUT2D eigenvalue weighted by Gasteiger charge is -2.11. The number of benzene rings is 1. The number of amides is 1. The molecular weight excluding hydrogens is 362 g/mol. The molecule has 0 spiro atoms. The van der Waals surface area contributed by atoms with Gasteiger partial charge in [0.1, 0.15) is 10.8 Å². The van der Waals surface area contributed by atoms with Gasteiger partial charge in [0.15, 0.2) is 6.61 Å². The van der Waals surface area contributed by atoms with E-state index in [1.54, 1.807) is 19.1 Å². The van der Waals surface area contributed by atoms with Gasteiger partial charge >= 0.3 is 5.97 Å². The molecule has 1 amide bonds. The highest BCUT2D eigenvalue weighted by molar-refractivity contribution is 7.17. The molecule has 0 saturated heterocycles. The Kier molecular flexibility index (Phi) is 6.87. The van der Waals surface area contributed by atoms with Crippen molar-refractivity contribution in [1.29, 1.82) is 0 Å². The van der Waals surface area contributed by atoms with E-state index in [2.05, 4.69) is 5.32 Å². The van der Waals surface area contributed by atoms with E-state index >= 15 is 0 Å². The van der Waals surface area contributed by atoms with Crippen LogP contribution < -0.4 is 10.1 Å². The third-order valence-corrected chi connectivity index (χ3v) is 5.72. The van der Waals surface area contributed by atoms with Crippen LogP contribution in [0.5, 0.6) is 5.75 Å². The van der Waals surface area contributed by atoms with Gasteiger partial charge in [-0.3, -0.25) is 4.79 Å². The molecule has 1 N–H and O–H groups in total. The number of hydrogen-bond acceptors (Lipinski definition) is 5. The summed E-state index contributed by atoms with van der Waals surface area (Å²) in [5.74, 6) is 0.00481. The SMILES string of the molecule is CCOC(=O)c1c(NC(=O)COc2ccccc2)sc2c1CCCCCC2. The molecule has 0 unspecified atom stereocenters. The Hall–Kier alpha value is -2.34. The Morgan fingerprint density at radius 3 is 2.56 bits per heavy atom. The molecule has 3 rings (SSSR count). The van der Waals surface area contributed by atoms with E-state index in [-0.39, 0.29) is 18.5 Å². The van der Waals surface area contributed by atoms with Crippen LogP contribution in [0.15, 0.2) is 30.3 Å². The highest BCUT2D eigenvalue weighted by atomic mass is 32.1. The molecule has 1 heterocycles. The van der Waals surface area contributed by atoms with Crippen LogP contribution in [0.2, 0.25) is 0 Å². The van der Waals surface area contributed by atoms with Gasteiger partial charge in [0, 0.05) is 4.88 Å². The van der Waals surface area contributed by atoms with Crippen molar-refractivity contribution in [3.8, 4) is 5.75 Å². The number of nitrogens with one attached hydrogen (secondary N) is 1. The zero-order valence-electron chi connectivity index (χ0n) is 15.6. The van der Waals surface area contributed by atoms with E-state index in [1.807, 2.05) is 18.2 Å². The highest BCUT2D eigenvalue weighted by Gasteiger charge is 2.26. The van der Waals surface area contributed by atoms with Gasteiger partial charge in [0.05, 0.1) is 12.2 Å². The molecule has 6 heteroatoms. The predicted molar refractivity (Wildman–Crippen MR) is 107 cm³/mol. The minimum Gasteiger partial charge on any atom is -0.484 e. The van der Waals surface area contributed by atoms with Crippen molar-refractivity contribution >= 4 is 28.2 Å². The lowest BCUT2D eigenvalue weighted by Crippen LogP contribution is -2.21. The maximum atomic E-state index is 12.6. The van der Waals surface area contributed by atoms with Crippen LogP contribution in [0.25, 0.3) is 0 Å². The second kappa shape index (κ2) is 9.55. The molecule has 0 fully saturated rings. The molecular formula is C21H25NO4S. The smallest absolute Gasteiger partial charge is 0.341 e. The molecule has 0 aliphatic heterocycles. The van der Waals surface area contributed by atoms with E-state index in [0.29, 0.717) is 22.9 Å². The van der Waals surface area contributed by atoms with Gasteiger partial charge in [-0.1, -0.05) is 31.0 Å². The first-order chi connectivity index (χ1) is 13.2. The quantitative estimate of drug-likeness (QED) is 0.736. The van der Waals surface area contributed by atoms with Gasteiger partial charge in [-0.15, -0.1) is 11.3 Å². The second-order valence-corrected chi connectivity index (χ2v) is 7.60. The number of para-hydroxylation sites is 1. The van der Waals surface area contributed by atoms with Crippen LogP contribution in [0.4, 0.5) is 5.00 Å². The Morgan fingerprint density at radius 1 is 1.07 bits per heavy atom. The molecule has 0 bridgehead atoms. The zero-order valence-corrected chi connectivity index (χ0v) is 16.4. The molecule has 0 radical (unpaired) electrons. The Bertz CT molecular complexity index is 785. The summed E-state index contributed by atoms with van der Waals surface area (Å²) in [7, 11) is 0. The number of carbonyl (C=O) groups is 2. The third-order valence-electron chi connectivity index (χ3n) is 4.52. The molecule has 0 saturated carbocycles. The van der Waals surface area contributed by atoms with Crippen LogP contribution in [0, 0.1) is 0 Å². The maximum absolute atomic E-state index is 12.6. The van der Waals surface area contributed by atoms with Crippen molar-refractivity contribution in [1.82, 2.24) is 0 Å². The minimum atomic E-state index is -0.352. The molecule has 144 valence electrons. The first-order valence-electron chi connectivity index (χ1n) is 9.48. The molecule has 2 aromatic rings. The molecule has 5 nitrogen and oxygen atoms in total. The summed E-state index contributed by atoms with van der Waals surface area (Å²) >= 11 is 1.50. The summed E-state index contributed by atoms with van der Waals surface area (Å²) in [6.45, 7) is 2.00. The molecule has 1 aromatic heterocycles. The van der Waals surface area contributed by atoms with Gasteiger partial charge in [-0.2, -0.15) is 0 Å². The van der Waals surface area contributed by atoms with Gasteiger partial charge in [0.2, 0.25) is 0 Å². The number of carbonyl (C=O) groups excluding carboxylic acids is 2. The number of fused-ring (bicyclic) bond motifs is 1. The van der Waals surface area contributed by atoms with Crippen LogP contribution in [0.1, 0.15) is 53.4 Å². The summed E-state index contributed by atoms with van der Waals surface area (Å²) < 4.78 is 10.8. The lowest BCUT2D eigenvalue weighted by molar-refractivity contribution is -0.118. The number of thiophene rings is 1. The Labute approximate surface area is 163 Å². The normalized spacial score (nSPS) is 13.8. The zero-order chi connectivity index (χ0) is 19.1. The van der Waals surface area contributed by atoms with Crippen molar-refractivity contribution in [3.05, 3.63) is 46.3 Å². The van der Waals surface area contributed by atoms with Gasteiger partial charge in [-0.25, -0.2) is 4.79 Å². The van der Waals surface area contributed by atoms with E-state index in [4.69, 9.17) is 9.47 Å². The fourth-order valence-corrected chi connectivity index (χ4v) is 4.55. The minimum absolute atomic E-state index is 0.102. The first-order valence-corrected chi connectivity index (χ1v) is 10.3. The summed E-state index contributed by atoms with van der Waals surface area (Å²) in [6.07, 6.45) is 6.35. The molecule has 1 aromatic carbocycles. The average molecular weight is 388 g/mol. The molecule has 27 heavy (non-hydrogen) atoms. The van der Waals surface area contributed by atoms with Crippen molar-refractivity contribution < 1.29 is 19.1 Å². The number of esters is 1. The second-order valence-electron chi connectivity index (χ2n) is 6.49. The summed E-state index contributed by atoms with van der Waals surface area (Å²) in [6, 6.07) is 9.19. The first kappa shape index (κ1) is 19.4. The number of rotatable bonds is 6. The molecule has 1 aliphatic rings. The number of aryl methyl sites for hydroxylation is 1. The fraction of sp³-hybridized carbons (Fsp3) is 0.429. The van der Waals surface area contributed by atoms with Gasteiger partial charge in [-0.05, 0) is 50.3 Å². The average Bonchev–Trinajstić information content (AvgIpc) is 2.97. The third kappa shape index (κ3) is 5.10. The van der Waals surface area contributed by atoms with Crippen LogP contribution in [0.3, 0.4) is 0 Å². The van der Waals surface area contributed by atoms with Crippen LogP contribution in [-0.4, -0.2) is 25.1 Å². The summed E-state index contributed by atoms with van der Waals surface area (Å²) in [4.78, 5) is 26.1. The van der Waals surface area contributed by atoms with Crippen molar-refractivity contribution in [3.63, 3.8) is 0 Å². The summed E-state index contributed by atoms with van der Waals surface area (Å²) in [5, 5.41) is 3.46. The number of anilines is 1. The molecule has 0 atom stereocenters. The van der Waals surface area contributed by atoms with Crippen molar-refractivity contribution in [2.45, 2.75) is 45.4 Å². The van der Waals surface area contributed by atoms with E-state index in [1.165, 1.54) is 29.1 Å². The van der Waals surface area contributed by atoms with E-state index in [9.17, 15) is 9.59 Å². The number of hydrogen-bond donors (Lipinski definition) is 1. The van der Waals surface area contributed by atoms with Crippen molar-refractivity contribution in [2.24, 2.45) is 0 Å². The van der Waals surface area contributed by atoms with Gasteiger partial charge in [0.25, 0.3) is 5.91 Å². The molecule has 1 aliphatic carbocycles. The standard InChI is InChI=1S/C21H25NO4S/c1-2-25-21(24)19-16-12-8-3-4-9-13-17(16)27-20(19)22-18(23)14-26-15-10-6-5-7-11-15/h5-7,10-11H,2-4,8-9,12-14H2,1H3,(H,22,23). The van der Waals surface area contributed by atoms with Crippen LogP contribution in [-0.2, 0) is 22.4 Å². The maximum Gasteiger partial charge on any atom is 0.341 e. The lowest BCUT2D eigenvalue weighted by atomic mass is 9.96. The fourth-order valence-electron chi connectivity index (χ4n) is 3.26. The Balaban J connectivity index is 1.77. The summed E-state index contributed by atoms with van der Waals surface area (Å²) in [5.41, 5.74) is 1.59. The highest BCUT2D eigenvalue weighted by Crippen LogP contribution is 2.37.